The molecule has 1 fully saturated rings. The second-order valence-electron chi connectivity index (χ2n) is 13.0. The van der Waals surface area contributed by atoms with Gasteiger partial charge >= 0.3 is 24.0 Å². The van der Waals surface area contributed by atoms with Crippen LogP contribution in [0.5, 0.6) is 6.01 Å². The van der Waals surface area contributed by atoms with Gasteiger partial charge in [-0.3, -0.25) is 14.4 Å². The molecule has 3 aromatic carbocycles. The van der Waals surface area contributed by atoms with E-state index in [9.17, 15) is 36.3 Å². The molecule has 53 heavy (non-hydrogen) atoms. The quantitative estimate of drug-likeness (QED) is 0.0794. The first-order chi connectivity index (χ1) is 25.0. The number of nitrogens with zero attached hydrogens (tertiary/aromatic N) is 3. The summed E-state index contributed by atoms with van der Waals surface area (Å²) in [6.45, 7) is 1.68. The summed E-state index contributed by atoms with van der Waals surface area (Å²) in [6.07, 6.45) is -3.18. The molecule has 5 rings (SSSR count). The Morgan fingerprint density at radius 3 is 2.11 bits per heavy atom. The van der Waals surface area contributed by atoms with Crippen LogP contribution in [0.2, 0.25) is 5.02 Å². The molecule has 0 spiro atoms. The van der Waals surface area contributed by atoms with Gasteiger partial charge in [-0.1, -0.05) is 43.6 Å². The standard InChI is InChI=1S/C35H34ClF5N8O4/c1-33(2,18-44-29(52)28(51)42-16-21-3-10-24(37)15-26(21)38)17-43-27(50)20-4-11-25(12-5-20)45-30-46-31(48-32(47-30)53-19-35(39,40)41)49-34(13-14-34)22-6-8-23(36)9-7-22/h3-12,15H,13-14,16-19H2,1-2H3,(H,42,51)(H,43,50)(H,44,52)(H2,45,46,47,48,49). The van der Waals surface area contributed by atoms with Crippen molar-refractivity contribution in [1.29, 1.82) is 0 Å². The lowest BCUT2D eigenvalue weighted by atomic mass is 9.93. The van der Waals surface area contributed by atoms with Crippen LogP contribution in [0.4, 0.5) is 39.5 Å². The molecule has 18 heteroatoms. The highest BCUT2D eigenvalue weighted by Gasteiger charge is 2.45. The zero-order valence-electron chi connectivity index (χ0n) is 28.3. The van der Waals surface area contributed by atoms with Crippen LogP contribution in [0.15, 0.2) is 66.7 Å². The topological polar surface area (TPSA) is 159 Å². The molecule has 0 unspecified atom stereocenters. The van der Waals surface area contributed by atoms with E-state index in [1.54, 1.807) is 38.1 Å². The Hall–Kier alpha value is -5.58. The number of hydrogen-bond acceptors (Lipinski definition) is 9. The summed E-state index contributed by atoms with van der Waals surface area (Å²) < 4.78 is 70.5. The number of amides is 3. The Balaban J connectivity index is 1.15. The van der Waals surface area contributed by atoms with E-state index in [1.165, 1.54) is 12.1 Å². The normalized spacial score (nSPS) is 13.4. The Kier molecular flexibility index (Phi) is 11.6. The molecule has 1 aliphatic rings. The van der Waals surface area contributed by atoms with Gasteiger partial charge in [0.15, 0.2) is 6.61 Å². The van der Waals surface area contributed by atoms with E-state index in [0.717, 1.165) is 30.5 Å². The van der Waals surface area contributed by atoms with Crippen molar-refractivity contribution in [2.75, 3.05) is 30.3 Å². The molecular weight excluding hydrogens is 727 g/mol. The summed E-state index contributed by atoms with van der Waals surface area (Å²) in [7, 11) is 0. The van der Waals surface area contributed by atoms with E-state index < -0.39 is 59.1 Å². The lowest BCUT2D eigenvalue weighted by molar-refractivity contribution is -0.154. The van der Waals surface area contributed by atoms with Gasteiger partial charge in [0.2, 0.25) is 11.9 Å². The lowest BCUT2D eigenvalue weighted by Crippen LogP contribution is -2.46. The number of alkyl halides is 3. The molecule has 1 saturated carbocycles. The van der Waals surface area contributed by atoms with E-state index in [4.69, 9.17) is 16.3 Å². The SMILES string of the molecule is CC(C)(CNC(=O)C(=O)NCc1ccc(F)cc1F)CNC(=O)c1ccc(Nc2nc(NC3(c4ccc(Cl)cc4)CC3)nc(OCC(F)(F)F)n2)cc1. The monoisotopic (exact) mass is 760 g/mol. The summed E-state index contributed by atoms with van der Waals surface area (Å²) in [6, 6.07) is 15.5. The predicted octanol–water partition coefficient (Wildman–Crippen LogP) is 5.78. The highest BCUT2D eigenvalue weighted by Crippen LogP contribution is 2.48. The summed E-state index contributed by atoms with van der Waals surface area (Å²) in [5.41, 5.74) is 0.350. The van der Waals surface area contributed by atoms with Gasteiger partial charge in [-0.25, -0.2) is 8.78 Å². The van der Waals surface area contributed by atoms with Gasteiger partial charge in [0.05, 0.1) is 5.54 Å². The molecule has 0 radical (unpaired) electrons. The second-order valence-corrected chi connectivity index (χ2v) is 13.5. The van der Waals surface area contributed by atoms with Crippen molar-refractivity contribution in [3.63, 3.8) is 0 Å². The first kappa shape index (κ1) is 38.6. The fourth-order valence-electron chi connectivity index (χ4n) is 4.91. The van der Waals surface area contributed by atoms with Crippen LogP contribution in [0.3, 0.4) is 0 Å². The van der Waals surface area contributed by atoms with Crippen LogP contribution in [0.1, 0.15) is 48.2 Å². The van der Waals surface area contributed by atoms with Gasteiger partial charge in [0.1, 0.15) is 11.6 Å². The van der Waals surface area contributed by atoms with Crippen LogP contribution in [0.25, 0.3) is 0 Å². The maximum absolute atomic E-state index is 13.8. The maximum Gasteiger partial charge on any atom is 0.422 e. The van der Waals surface area contributed by atoms with E-state index >= 15 is 0 Å². The molecule has 1 heterocycles. The molecule has 0 saturated heterocycles. The van der Waals surface area contributed by atoms with Gasteiger partial charge in [-0.15, -0.1) is 0 Å². The fourth-order valence-corrected chi connectivity index (χ4v) is 5.04. The van der Waals surface area contributed by atoms with E-state index in [-0.39, 0.29) is 42.7 Å². The number of hydrogen-bond donors (Lipinski definition) is 5. The number of nitrogens with one attached hydrogen (secondary N) is 5. The number of anilines is 3. The lowest BCUT2D eigenvalue weighted by Gasteiger charge is -2.25. The number of aromatic nitrogens is 3. The van der Waals surface area contributed by atoms with Crippen molar-refractivity contribution < 1.29 is 41.1 Å². The third-order valence-electron chi connectivity index (χ3n) is 8.00. The average molecular weight is 761 g/mol. The van der Waals surface area contributed by atoms with Crippen LogP contribution >= 0.6 is 11.6 Å². The van der Waals surface area contributed by atoms with Gasteiger partial charge in [-0.2, -0.15) is 28.1 Å². The molecule has 1 aliphatic carbocycles. The number of carbonyl (C=O) groups is 3. The van der Waals surface area contributed by atoms with Gasteiger partial charge in [0.25, 0.3) is 5.91 Å². The van der Waals surface area contributed by atoms with Gasteiger partial charge in [-0.05, 0) is 66.3 Å². The molecule has 12 nitrogen and oxygen atoms in total. The predicted molar refractivity (Wildman–Crippen MR) is 184 cm³/mol. The first-order valence-corrected chi connectivity index (χ1v) is 16.5. The molecule has 0 bridgehead atoms. The van der Waals surface area contributed by atoms with Crippen LogP contribution in [-0.2, 0) is 21.7 Å². The van der Waals surface area contributed by atoms with Crippen molar-refractivity contribution in [3.05, 3.63) is 100 Å². The number of carbonyl (C=O) groups excluding carboxylic acids is 3. The fraction of sp³-hybridized carbons (Fsp3) is 0.314. The molecule has 3 amide bonds. The molecule has 5 N–H and O–H groups in total. The highest BCUT2D eigenvalue weighted by atomic mass is 35.5. The zero-order valence-corrected chi connectivity index (χ0v) is 29.1. The van der Waals surface area contributed by atoms with Crippen molar-refractivity contribution >= 4 is 46.9 Å². The van der Waals surface area contributed by atoms with Crippen LogP contribution < -0.4 is 31.3 Å². The third-order valence-corrected chi connectivity index (χ3v) is 8.25. The number of ether oxygens (including phenoxy) is 1. The smallest absolute Gasteiger partial charge is 0.422 e. The Bertz CT molecular complexity index is 1960. The molecule has 280 valence electrons. The largest absolute Gasteiger partial charge is 0.454 e. The van der Waals surface area contributed by atoms with E-state index in [1.807, 2.05) is 12.1 Å². The Morgan fingerprint density at radius 2 is 1.47 bits per heavy atom. The minimum absolute atomic E-state index is 0.00553. The third kappa shape index (κ3) is 11.2. The molecule has 4 aromatic rings. The van der Waals surface area contributed by atoms with E-state index in [0.29, 0.717) is 16.8 Å². The molecule has 1 aromatic heterocycles. The second kappa shape index (κ2) is 16.0. The Morgan fingerprint density at radius 1 is 0.830 bits per heavy atom. The minimum atomic E-state index is -4.62. The number of rotatable bonds is 14. The zero-order chi connectivity index (χ0) is 38.4. The van der Waals surface area contributed by atoms with Crippen molar-refractivity contribution in [3.8, 4) is 6.01 Å². The summed E-state index contributed by atoms with van der Waals surface area (Å²) in [5, 5.41) is 14.1. The van der Waals surface area contributed by atoms with Crippen molar-refractivity contribution in [1.82, 2.24) is 30.9 Å². The Labute approximate surface area is 305 Å². The summed E-state index contributed by atoms with van der Waals surface area (Å²) in [4.78, 5) is 49.7. The van der Waals surface area contributed by atoms with Crippen molar-refractivity contribution in [2.45, 2.75) is 44.9 Å². The minimum Gasteiger partial charge on any atom is -0.454 e. The highest BCUT2D eigenvalue weighted by molar-refractivity contribution is 6.35. The summed E-state index contributed by atoms with van der Waals surface area (Å²) in [5.74, 6) is -4.17. The van der Waals surface area contributed by atoms with Crippen LogP contribution in [-0.4, -0.2) is 58.5 Å². The van der Waals surface area contributed by atoms with E-state index in [2.05, 4.69) is 41.5 Å². The van der Waals surface area contributed by atoms with Gasteiger partial charge < -0.3 is 31.3 Å². The first-order valence-electron chi connectivity index (χ1n) is 16.1. The molecular formula is C35H34ClF5N8O4. The summed E-state index contributed by atoms with van der Waals surface area (Å²) >= 11 is 6.02. The molecule has 0 atom stereocenters. The maximum atomic E-state index is 13.8. The van der Waals surface area contributed by atoms with Crippen molar-refractivity contribution in [2.24, 2.45) is 5.41 Å². The van der Waals surface area contributed by atoms with Crippen LogP contribution in [0, 0.1) is 17.0 Å². The van der Waals surface area contributed by atoms with Gasteiger partial charge in [0, 0.05) is 47.5 Å². The number of benzene rings is 3. The number of halogens is 6. The molecule has 0 aliphatic heterocycles. The average Bonchev–Trinajstić information content (AvgIpc) is 3.88.